The van der Waals surface area contributed by atoms with Crippen LogP contribution in [-0.4, -0.2) is 28.2 Å². The Hall–Kier alpha value is -1.75. The molecular weight excluding hydrogens is 264 g/mol. The van der Waals surface area contributed by atoms with E-state index in [1.165, 1.54) is 25.7 Å². The molecule has 2 aliphatic rings. The monoisotopic (exact) mass is 284 g/mol. The van der Waals surface area contributed by atoms with E-state index in [-0.39, 0.29) is 5.41 Å². The Morgan fingerprint density at radius 2 is 2.29 bits per heavy atom. The van der Waals surface area contributed by atoms with E-state index in [0.29, 0.717) is 5.89 Å². The van der Waals surface area contributed by atoms with Gasteiger partial charge in [-0.1, -0.05) is 24.1 Å². The van der Waals surface area contributed by atoms with Crippen molar-refractivity contribution in [1.29, 1.82) is 0 Å². The molecule has 21 heavy (non-hydrogen) atoms. The fourth-order valence-electron chi connectivity index (χ4n) is 3.33. The van der Waals surface area contributed by atoms with Gasteiger partial charge in [0.15, 0.2) is 5.82 Å². The lowest BCUT2D eigenvalue weighted by molar-refractivity contribution is 0.256. The third-order valence-electron chi connectivity index (χ3n) is 4.63. The maximum Gasteiger partial charge on any atom is 0.276 e. The molecule has 110 valence electrons. The summed E-state index contributed by atoms with van der Waals surface area (Å²) in [6, 6.07) is 5.73. The summed E-state index contributed by atoms with van der Waals surface area (Å²) in [6.07, 6.45) is 7.97. The predicted molar refractivity (Wildman–Crippen MR) is 78.7 cm³/mol. The molecule has 5 heteroatoms. The molecule has 2 aromatic heterocycles. The summed E-state index contributed by atoms with van der Waals surface area (Å²) in [6.45, 7) is 2.06. The molecule has 5 nitrogen and oxygen atoms in total. The van der Waals surface area contributed by atoms with Crippen molar-refractivity contribution in [3.05, 3.63) is 30.2 Å². The van der Waals surface area contributed by atoms with E-state index in [1.807, 2.05) is 18.2 Å². The van der Waals surface area contributed by atoms with E-state index < -0.39 is 0 Å². The minimum Gasteiger partial charge on any atom is -0.332 e. The van der Waals surface area contributed by atoms with Crippen molar-refractivity contribution in [2.24, 2.45) is 5.92 Å². The minimum atomic E-state index is 0.0515. The molecule has 0 spiro atoms. The zero-order valence-corrected chi connectivity index (χ0v) is 12.1. The number of rotatable bonds is 4. The van der Waals surface area contributed by atoms with Crippen molar-refractivity contribution < 1.29 is 4.52 Å². The molecule has 0 aromatic carbocycles. The van der Waals surface area contributed by atoms with Crippen molar-refractivity contribution >= 4 is 0 Å². The number of piperidine rings is 1. The summed E-state index contributed by atoms with van der Waals surface area (Å²) in [5.41, 5.74) is 0.803. The van der Waals surface area contributed by atoms with Crippen LogP contribution in [0.1, 0.15) is 37.9 Å². The summed E-state index contributed by atoms with van der Waals surface area (Å²) in [5.74, 6) is 2.25. The fourth-order valence-corrected chi connectivity index (χ4v) is 3.33. The summed E-state index contributed by atoms with van der Waals surface area (Å²) in [5, 5.41) is 7.82. The molecule has 1 saturated heterocycles. The van der Waals surface area contributed by atoms with Crippen LogP contribution in [0.25, 0.3) is 11.6 Å². The van der Waals surface area contributed by atoms with Gasteiger partial charge in [-0.3, -0.25) is 4.98 Å². The smallest absolute Gasteiger partial charge is 0.276 e. The highest BCUT2D eigenvalue weighted by Gasteiger charge is 2.42. The van der Waals surface area contributed by atoms with Gasteiger partial charge in [0.1, 0.15) is 5.69 Å². The van der Waals surface area contributed by atoms with Crippen LogP contribution < -0.4 is 5.32 Å². The molecule has 1 unspecified atom stereocenters. The van der Waals surface area contributed by atoms with Crippen molar-refractivity contribution in [2.45, 2.75) is 37.5 Å². The molecule has 0 radical (unpaired) electrons. The average molecular weight is 284 g/mol. The SMILES string of the molecule is c1ccc(-c2nc(C3(CC4CC4)CCCNC3)no2)nc1. The molecule has 0 amide bonds. The van der Waals surface area contributed by atoms with Gasteiger partial charge in [-0.15, -0.1) is 0 Å². The second kappa shape index (κ2) is 5.22. The number of hydrogen-bond donors (Lipinski definition) is 1. The Balaban J connectivity index is 1.65. The second-order valence-corrected chi connectivity index (χ2v) is 6.35. The standard InChI is InChI=1S/C16H20N4O/c1-2-9-18-13(4-1)14-19-15(20-21-14)16(10-12-5-6-12)7-3-8-17-11-16/h1-2,4,9,12,17H,3,5-8,10-11H2. The van der Waals surface area contributed by atoms with E-state index in [2.05, 4.69) is 20.4 Å². The van der Waals surface area contributed by atoms with Gasteiger partial charge in [0.2, 0.25) is 0 Å². The van der Waals surface area contributed by atoms with Gasteiger partial charge >= 0.3 is 0 Å². The highest BCUT2D eigenvalue weighted by atomic mass is 16.5. The number of nitrogens with zero attached hydrogens (tertiary/aromatic N) is 3. The van der Waals surface area contributed by atoms with Gasteiger partial charge < -0.3 is 9.84 Å². The molecule has 1 atom stereocenters. The van der Waals surface area contributed by atoms with Crippen molar-refractivity contribution in [3.8, 4) is 11.6 Å². The van der Waals surface area contributed by atoms with Crippen LogP contribution in [-0.2, 0) is 5.41 Å². The van der Waals surface area contributed by atoms with Crippen LogP contribution in [0.15, 0.2) is 28.9 Å². The zero-order valence-electron chi connectivity index (χ0n) is 12.1. The molecule has 0 bridgehead atoms. The quantitative estimate of drug-likeness (QED) is 0.934. The Morgan fingerprint density at radius 3 is 3.00 bits per heavy atom. The number of hydrogen-bond acceptors (Lipinski definition) is 5. The largest absolute Gasteiger partial charge is 0.332 e. The molecule has 4 rings (SSSR count). The van der Waals surface area contributed by atoms with Gasteiger partial charge in [-0.25, -0.2) is 0 Å². The van der Waals surface area contributed by atoms with Crippen LogP contribution in [0.3, 0.4) is 0 Å². The number of pyridine rings is 1. The summed E-state index contributed by atoms with van der Waals surface area (Å²) >= 11 is 0. The molecule has 1 N–H and O–H groups in total. The Morgan fingerprint density at radius 1 is 1.33 bits per heavy atom. The first-order valence-corrected chi connectivity index (χ1v) is 7.82. The summed E-state index contributed by atoms with van der Waals surface area (Å²) in [7, 11) is 0. The van der Waals surface area contributed by atoms with Crippen LogP contribution in [0.2, 0.25) is 0 Å². The topological polar surface area (TPSA) is 63.8 Å². The van der Waals surface area contributed by atoms with Crippen molar-refractivity contribution in [2.75, 3.05) is 13.1 Å². The first-order valence-electron chi connectivity index (χ1n) is 7.82. The van der Waals surface area contributed by atoms with E-state index >= 15 is 0 Å². The maximum atomic E-state index is 5.48. The van der Waals surface area contributed by atoms with Crippen LogP contribution in [0.5, 0.6) is 0 Å². The van der Waals surface area contributed by atoms with Gasteiger partial charge in [0.05, 0.1) is 0 Å². The Bertz CT molecular complexity index is 600. The van der Waals surface area contributed by atoms with Gasteiger partial charge in [-0.2, -0.15) is 4.98 Å². The number of nitrogens with one attached hydrogen (secondary N) is 1. The minimum absolute atomic E-state index is 0.0515. The van der Waals surface area contributed by atoms with Gasteiger partial charge in [0.25, 0.3) is 5.89 Å². The van der Waals surface area contributed by atoms with Crippen molar-refractivity contribution in [1.82, 2.24) is 20.4 Å². The lowest BCUT2D eigenvalue weighted by atomic mass is 9.75. The van der Waals surface area contributed by atoms with Crippen LogP contribution >= 0.6 is 0 Å². The third-order valence-corrected chi connectivity index (χ3v) is 4.63. The maximum absolute atomic E-state index is 5.48. The fraction of sp³-hybridized carbons (Fsp3) is 0.562. The normalized spacial score (nSPS) is 25.9. The first kappa shape index (κ1) is 13.0. The summed E-state index contributed by atoms with van der Waals surface area (Å²) < 4.78 is 5.48. The van der Waals surface area contributed by atoms with Crippen LogP contribution in [0, 0.1) is 5.92 Å². The highest BCUT2D eigenvalue weighted by molar-refractivity contribution is 5.45. The molecule has 1 aliphatic carbocycles. The third kappa shape index (κ3) is 2.58. The molecular formula is C16H20N4O. The molecule has 2 fully saturated rings. The van der Waals surface area contributed by atoms with E-state index in [0.717, 1.165) is 36.9 Å². The lowest BCUT2D eigenvalue weighted by Gasteiger charge is -2.35. The van der Waals surface area contributed by atoms with Gasteiger partial charge in [-0.05, 0) is 43.9 Å². The van der Waals surface area contributed by atoms with Crippen molar-refractivity contribution in [3.63, 3.8) is 0 Å². The van der Waals surface area contributed by atoms with Crippen LogP contribution in [0.4, 0.5) is 0 Å². The zero-order chi connectivity index (χ0) is 14.1. The molecule has 1 aliphatic heterocycles. The average Bonchev–Trinajstić information content (AvgIpc) is 3.20. The highest BCUT2D eigenvalue weighted by Crippen LogP contribution is 2.44. The van der Waals surface area contributed by atoms with E-state index in [4.69, 9.17) is 4.52 Å². The van der Waals surface area contributed by atoms with E-state index in [9.17, 15) is 0 Å². The van der Waals surface area contributed by atoms with Gasteiger partial charge in [0, 0.05) is 18.2 Å². The first-order chi connectivity index (χ1) is 10.4. The second-order valence-electron chi connectivity index (χ2n) is 6.35. The predicted octanol–water partition coefficient (Wildman–Crippen LogP) is 2.55. The Labute approximate surface area is 124 Å². The number of aromatic nitrogens is 3. The summed E-state index contributed by atoms with van der Waals surface area (Å²) in [4.78, 5) is 8.97. The molecule has 2 aromatic rings. The lowest BCUT2D eigenvalue weighted by Crippen LogP contribution is -2.44. The molecule has 3 heterocycles. The van der Waals surface area contributed by atoms with E-state index in [1.54, 1.807) is 6.20 Å². The molecule has 1 saturated carbocycles. The Kier molecular flexibility index (Phi) is 3.22.